The van der Waals surface area contributed by atoms with Crippen molar-refractivity contribution in [2.45, 2.75) is 24.8 Å². The number of aromatic nitrogens is 1. The summed E-state index contributed by atoms with van der Waals surface area (Å²) in [6.45, 7) is 0. The Morgan fingerprint density at radius 2 is 1.83 bits per heavy atom. The van der Waals surface area contributed by atoms with Crippen molar-refractivity contribution in [3.63, 3.8) is 0 Å². The largest absolute Gasteiger partial charge is 0.416 e. The van der Waals surface area contributed by atoms with E-state index in [4.69, 9.17) is 5.84 Å². The van der Waals surface area contributed by atoms with E-state index >= 15 is 0 Å². The van der Waals surface area contributed by atoms with E-state index in [1.54, 1.807) is 5.43 Å². The number of alkyl halides is 6. The molecule has 0 aromatic carbocycles. The Morgan fingerprint density at radius 3 is 2.28 bits per heavy atom. The number of rotatable bonds is 3. The van der Waals surface area contributed by atoms with Crippen LogP contribution in [0.4, 0.5) is 26.3 Å². The molecule has 0 saturated heterocycles. The third-order valence-electron chi connectivity index (χ3n) is 2.17. The van der Waals surface area contributed by atoms with Gasteiger partial charge in [-0.15, -0.1) is 0 Å². The van der Waals surface area contributed by atoms with Crippen molar-refractivity contribution in [1.29, 1.82) is 0 Å². The minimum absolute atomic E-state index is 0.607. The first kappa shape index (κ1) is 14.7. The molecule has 102 valence electrons. The molecule has 1 unspecified atom stereocenters. The van der Waals surface area contributed by atoms with Crippen molar-refractivity contribution in [3.8, 4) is 0 Å². The van der Waals surface area contributed by atoms with Crippen molar-refractivity contribution in [1.82, 2.24) is 10.4 Å². The number of hydrogen-bond acceptors (Lipinski definition) is 3. The monoisotopic (exact) mass is 273 g/mol. The quantitative estimate of drug-likeness (QED) is 0.505. The molecular weight excluding hydrogens is 264 g/mol. The minimum atomic E-state index is -4.76. The molecule has 3 nitrogen and oxygen atoms in total. The fourth-order valence-corrected chi connectivity index (χ4v) is 1.43. The number of hydrogen-bond donors (Lipinski definition) is 2. The summed E-state index contributed by atoms with van der Waals surface area (Å²) in [7, 11) is 0. The lowest BCUT2D eigenvalue weighted by atomic mass is 10.0. The second-order valence-corrected chi connectivity index (χ2v) is 3.50. The van der Waals surface area contributed by atoms with Crippen molar-refractivity contribution in [2.24, 2.45) is 5.84 Å². The first-order chi connectivity index (χ1) is 8.15. The van der Waals surface area contributed by atoms with Gasteiger partial charge in [0.1, 0.15) is 0 Å². The topological polar surface area (TPSA) is 50.9 Å². The smallest absolute Gasteiger partial charge is 0.271 e. The average Bonchev–Trinajstić information content (AvgIpc) is 2.23. The van der Waals surface area contributed by atoms with E-state index in [0.717, 1.165) is 12.4 Å². The van der Waals surface area contributed by atoms with Crippen LogP contribution in [0.25, 0.3) is 0 Å². The van der Waals surface area contributed by atoms with Crippen LogP contribution >= 0.6 is 0 Å². The molecule has 3 N–H and O–H groups in total. The van der Waals surface area contributed by atoms with Gasteiger partial charge in [0.25, 0.3) is 0 Å². The first-order valence-electron chi connectivity index (χ1n) is 4.69. The number of nitrogens with zero attached hydrogens (tertiary/aromatic N) is 1. The number of pyridine rings is 1. The van der Waals surface area contributed by atoms with Gasteiger partial charge in [-0.3, -0.25) is 16.3 Å². The molecule has 1 atom stereocenters. The first-order valence-corrected chi connectivity index (χ1v) is 4.69. The highest BCUT2D eigenvalue weighted by molar-refractivity contribution is 5.29. The Hall–Kier alpha value is -1.35. The zero-order valence-electron chi connectivity index (χ0n) is 8.81. The van der Waals surface area contributed by atoms with Gasteiger partial charge >= 0.3 is 12.4 Å². The predicted octanol–water partition coefficient (Wildman–Crippen LogP) is 2.56. The predicted molar refractivity (Wildman–Crippen MR) is 50.0 cm³/mol. The summed E-state index contributed by atoms with van der Waals surface area (Å²) in [5, 5.41) is 0. The lowest BCUT2D eigenvalue weighted by Crippen LogP contribution is -2.33. The van der Waals surface area contributed by atoms with Crippen LogP contribution in [0.1, 0.15) is 23.6 Å². The van der Waals surface area contributed by atoms with Gasteiger partial charge in [0.15, 0.2) is 0 Å². The Kier molecular flexibility index (Phi) is 4.17. The number of nitrogens with two attached hydrogens (primary N) is 1. The van der Waals surface area contributed by atoms with E-state index in [-0.39, 0.29) is 0 Å². The maximum absolute atomic E-state index is 12.6. The molecule has 0 radical (unpaired) electrons. The minimum Gasteiger partial charge on any atom is -0.271 e. The Labute approximate surface area is 98.0 Å². The molecule has 0 aliphatic rings. The molecule has 9 heteroatoms. The van der Waals surface area contributed by atoms with E-state index < -0.39 is 35.9 Å². The molecule has 1 rings (SSSR count). The van der Waals surface area contributed by atoms with Gasteiger partial charge in [-0.1, -0.05) is 0 Å². The number of nitrogens with one attached hydrogen (secondary N) is 1. The summed E-state index contributed by atoms with van der Waals surface area (Å²) in [6, 6.07) is -1.09. The Morgan fingerprint density at radius 1 is 1.22 bits per heavy atom. The number of halogens is 6. The fraction of sp³-hybridized carbons (Fsp3) is 0.444. The van der Waals surface area contributed by atoms with Crippen LogP contribution < -0.4 is 11.3 Å². The van der Waals surface area contributed by atoms with Crippen LogP contribution in [-0.2, 0) is 6.18 Å². The molecule has 0 aliphatic carbocycles. The molecule has 0 amide bonds. The second-order valence-electron chi connectivity index (χ2n) is 3.50. The van der Waals surface area contributed by atoms with Crippen molar-refractivity contribution >= 4 is 0 Å². The van der Waals surface area contributed by atoms with Crippen LogP contribution in [-0.4, -0.2) is 11.2 Å². The van der Waals surface area contributed by atoms with Crippen LogP contribution in [0.15, 0.2) is 18.5 Å². The molecule has 0 spiro atoms. The molecule has 1 aromatic heterocycles. The van der Waals surface area contributed by atoms with Gasteiger partial charge in [-0.25, -0.2) is 0 Å². The SMILES string of the molecule is NNC(CC(F)(F)F)c1cnccc1C(F)(F)F. The summed E-state index contributed by atoms with van der Waals surface area (Å²) in [4.78, 5) is 3.39. The van der Waals surface area contributed by atoms with Crippen molar-refractivity contribution in [2.75, 3.05) is 0 Å². The highest BCUT2D eigenvalue weighted by Gasteiger charge is 2.38. The lowest BCUT2D eigenvalue weighted by Gasteiger charge is -2.21. The van der Waals surface area contributed by atoms with Gasteiger partial charge in [0, 0.05) is 18.0 Å². The van der Waals surface area contributed by atoms with Gasteiger partial charge in [0.05, 0.1) is 18.0 Å². The van der Waals surface area contributed by atoms with E-state index in [2.05, 4.69) is 4.98 Å². The van der Waals surface area contributed by atoms with Gasteiger partial charge < -0.3 is 0 Å². The van der Waals surface area contributed by atoms with Gasteiger partial charge in [-0.05, 0) is 6.07 Å². The van der Waals surface area contributed by atoms with E-state index in [1.165, 1.54) is 0 Å². The van der Waals surface area contributed by atoms with Crippen LogP contribution in [0.3, 0.4) is 0 Å². The van der Waals surface area contributed by atoms with Crippen LogP contribution in [0.5, 0.6) is 0 Å². The fourth-order valence-electron chi connectivity index (χ4n) is 1.43. The molecule has 0 fully saturated rings. The zero-order valence-corrected chi connectivity index (χ0v) is 8.81. The van der Waals surface area contributed by atoms with Crippen LogP contribution in [0, 0.1) is 0 Å². The maximum Gasteiger partial charge on any atom is 0.416 e. The van der Waals surface area contributed by atoms with Gasteiger partial charge in [-0.2, -0.15) is 26.3 Å². The molecule has 0 saturated carbocycles. The highest BCUT2D eigenvalue weighted by Crippen LogP contribution is 2.37. The van der Waals surface area contributed by atoms with E-state index in [1.807, 2.05) is 0 Å². The summed E-state index contributed by atoms with van der Waals surface area (Å²) in [6.07, 6.45) is -9.35. The lowest BCUT2D eigenvalue weighted by molar-refractivity contribution is -0.146. The zero-order chi connectivity index (χ0) is 14.0. The van der Waals surface area contributed by atoms with Gasteiger partial charge in [0.2, 0.25) is 0 Å². The highest BCUT2D eigenvalue weighted by atomic mass is 19.4. The number of hydrazine groups is 1. The Bertz CT molecular complexity index is 400. The van der Waals surface area contributed by atoms with E-state index in [9.17, 15) is 26.3 Å². The third-order valence-corrected chi connectivity index (χ3v) is 2.17. The summed E-state index contributed by atoms with van der Waals surface area (Å²) < 4.78 is 74.4. The maximum atomic E-state index is 12.6. The Balaban J connectivity index is 3.14. The summed E-state index contributed by atoms with van der Waals surface area (Å²) >= 11 is 0. The van der Waals surface area contributed by atoms with E-state index in [0.29, 0.717) is 6.07 Å². The molecule has 1 aromatic rings. The van der Waals surface area contributed by atoms with Crippen molar-refractivity contribution in [3.05, 3.63) is 29.6 Å². The second kappa shape index (κ2) is 5.11. The standard InChI is InChI=1S/C9H9F6N3/c10-8(11,12)3-7(18-16)5-4-17-2-1-6(5)9(13,14)15/h1-2,4,7,18H,3,16H2. The summed E-state index contributed by atoms with van der Waals surface area (Å²) in [5.41, 5.74) is -0.0971. The average molecular weight is 273 g/mol. The van der Waals surface area contributed by atoms with Crippen molar-refractivity contribution < 1.29 is 26.3 Å². The molecule has 18 heavy (non-hydrogen) atoms. The molecule has 1 heterocycles. The molecule has 0 bridgehead atoms. The normalized spacial score (nSPS) is 14.6. The molecular formula is C9H9F6N3. The summed E-state index contributed by atoms with van der Waals surface area (Å²) in [5.74, 6) is 4.88. The molecule has 0 aliphatic heterocycles. The third kappa shape index (κ3) is 3.84. The van der Waals surface area contributed by atoms with Crippen LogP contribution in [0.2, 0.25) is 0 Å².